The van der Waals surface area contributed by atoms with Gasteiger partial charge in [0.15, 0.2) is 22.3 Å². The van der Waals surface area contributed by atoms with Crippen LogP contribution in [0, 0.1) is 0 Å². The molecule has 17 heteroatoms. The number of rotatable bonds is 2. The molecule has 6 N–H and O–H groups in total. The number of nitrogens with two attached hydrogens (primary N) is 2. The van der Waals surface area contributed by atoms with E-state index in [2.05, 4.69) is 39.9 Å². The number of carboxylic acid groups (broad SMARTS) is 2. The van der Waals surface area contributed by atoms with Crippen LogP contribution in [0.15, 0.2) is 22.0 Å². The number of nitrogens with zero attached hydrogens (tertiary/aromatic N) is 6. The Morgan fingerprint density at radius 1 is 0.742 bits per heavy atom. The molecule has 0 bridgehead atoms. The largest absolute Gasteiger partial charge is 2.00 e. The molecule has 16 nitrogen and oxygen atoms in total. The molecule has 0 radical (unpaired) electrons. The topological polar surface area (TPSA) is 275 Å². The zero-order chi connectivity index (χ0) is 22.0. The quantitative estimate of drug-likeness (QED) is 0.207. The van der Waals surface area contributed by atoms with Crippen molar-refractivity contribution in [3.63, 3.8) is 0 Å². The molecule has 0 fully saturated rings. The molecule has 4 heterocycles. The van der Waals surface area contributed by atoms with Gasteiger partial charge in [0.2, 0.25) is 11.9 Å². The summed E-state index contributed by atoms with van der Waals surface area (Å²) in [4.78, 5) is 69.5. The molecule has 0 amide bonds. The van der Waals surface area contributed by atoms with Crippen molar-refractivity contribution in [1.82, 2.24) is 39.9 Å². The van der Waals surface area contributed by atoms with Gasteiger partial charge in [-0.25, -0.2) is 19.9 Å². The van der Waals surface area contributed by atoms with Crippen LogP contribution in [-0.2, 0) is 0 Å². The second-order valence-corrected chi connectivity index (χ2v) is 5.33. The molecule has 4 rings (SSSR count). The number of aromatic carboxylic acids is 2. The van der Waals surface area contributed by atoms with E-state index in [1.54, 1.807) is 0 Å². The van der Waals surface area contributed by atoms with E-state index in [0.717, 1.165) is 12.4 Å². The van der Waals surface area contributed by atoms with Crippen molar-refractivity contribution in [2.24, 2.45) is 0 Å². The van der Waals surface area contributed by atoms with Crippen LogP contribution in [-0.4, -0.2) is 89.5 Å². The average Bonchev–Trinajstić information content (AvgIpc) is 2.67. The Bertz CT molecular complexity index is 1330. The Balaban J connectivity index is 0.000000213. The zero-order valence-corrected chi connectivity index (χ0v) is 17.4. The van der Waals surface area contributed by atoms with E-state index in [0.29, 0.717) is 0 Å². The maximum atomic E-state index is 11.3. The minimum atomic E-state index is -1.51. The van der Waals surface area contributed by atoms with E-state index < -0.39 is 34.4 Å². The number of H-pyrrole nitrogens is 2. The minimum absolute atomic E-state index is 0. The maximum Gasteiger partial charge on any atom is 2.00 e. The van der Waals surface area contributed by atoms with Crippen LogP contribution >= 0.6 is 0 Å². The smallest absolute Gasteiger partial charge is 0.543 e. The average molecular weight is 452 g/mol. The second-order valence-electron chi connectivity index (χ2n) is 5.33. The first kappa shape index (κ1) is 23.5. The van der Waals surface area contributed by atoms with Gasteiger partial charge < -0.3 is 31.3 Å². The van der Waals surface area contributed by atoms with Crippen molar-refractivity contribution < 1.29 is 19.8 Å². The van der Waals surface area contributed by atoms with E-state index in [4.69, 9.17) is 11.5 Å². The summed E-state index contributed by atoms with van der Waals surface area (Å²) in [5, 5.41) is 20.9. The number of nitrogens with one attached hydrogen (secondary N) is 2. The molecule has 0 aliphatic heterocycles. The minimum Gasteiger partial charge on any atom is -0.543 e. The van der Waals surface area contributed by atoms with E-state index in [9.17, 15) is 29.4 Å². The Labute approximate surface area is 198 Å². The van der Waals surface area contributed by atoms with E-state index in [1.165, 1.54) is 0 Å². The molecule has 0 saturated heterocycles. The number of anilines is 2. The number of nitrogen functional groups attached to an aromatic ring is 2. The van der Waals surface area contributed by atoms with Crippen LogP contribution in [0.2, 0.25) is 0 Å². The fourth-order valence-corrected chi connectivity index (χ4v) is 2.07. The van der Waals surface area contributed by atoms with Gasteiger partial charge >= 0.3 is 37.7 Å². The van der Waals surface area contributed by atoms with Crippen molar-refractivity contribution in [3.05, 3.63) is 44.5 Å². The van der Waals surface area contributed by atoms with Gasteiger partial charge in [-0.15, -0.1) is 0 Å². The van der Waals surface area contributed by atoms with Gasteiger partial charge in [0.05, 0.1) is 24.3 Å². The van der Waals surface area contributed by atoms with Crippen LogP contribution < -0.4 is 32.8 Å². The van der Waals surface area contributed by atoms with Gasteiger partial charge in [-0.1, -0.05) is 0 Å². The summed E-state index contributed by atoms with van der Waals surface area (Å²) in [6, 6.07) is 0. The van der Waals surface area contributed by atoms with Crippen LogP contribution in [0.25, 0.3) is 22.3 Å². The van der Waals surface area contributed by atoms with E-state index in [1.807, 2.05) is 0 Å². The summed E-state index contributed by atoms with van der Waals surface area (Å²) >= 11 is 0. The number of carbonyl (C=O) groups is 2. The number of carbonyl (C=O) groups excluding carboxylic acids is 2. The summed E-state index contributed by atoms with van der Waals surface area (Å²) in [6.07, 6.45) is 1.90. The third kappa shape index (κ3) is 5.24. The molecule has 0 aliphatic rings. The Morgan fingerprint density at radius 3 is 1.42 bits per heavy atom. The number of aromatic amines is 2. The molecule has 0 spiro atoms. The summed E-state index contributed by atoms with van der Waals surface area (Å²) in [5.41, 5.74) is 7.96. The van der Waals surface area contributed by atoms with Gasteiger partial charge in [0, 0.05) is 0 Å². The number of hydrogen-bond acceptors (Lipinski definition) is 14. The van der Waals surface area contributed by atoms with Gasteiger partial charge in [0.25, 0.3) is 11.1 Å². The van der Waals surface area contributed by atoms with Crippen molar-refractivity contribution in [1.29, 1.82) is 0 Å². The number of aromatic nitrogens is 8. The molecule has 0 atom stereocenters. The summed E-state index contributed by atoms with van der Waals surface area (Å²) < 4.78 is 0. The van der Waals surface area contributed by atoms with Crippen LogP contribution in [0.3, 0.4) is 0 Å². The van der Waals surface area contributed by atoms with Gasteiger partial charge in [-0.05, 0) is 0 Å². The van der Waals surface area contributed by atoms with Gasteiger partial charge in [-0.2, -0.15) is 9.97 Å². The normalized spacial score (nSPS) is 10.1. The van der Waals surface area contributed by atoms with Gasteiger partial charge in [0.1, 0.15) is 11.4 Å². The molecule has 31 heavy (non-hydrogen) atoms. The first-order valence-corrected chi connectivity index (χ1v) is 7.63. The fourth-order valence-electron chi connectivity index (χ4n) is 2.07. The number of fused-ring (bicyclic) bond motifs is 2. The third-order valence-corrected chi connectivity index (χ3v) is 3.29. The van der Waals surface area contributed by atoms with Crippen LogP contribution in [0.5, 0.6) is 0 Å². The summed E-state index contributed by atoms with van der Waals surface area (Å²) in [6.45, 7) is 0. The Kier molecular flexibility index (Phi) is 7.11. The van der Waals surface area contributed by atoms with Crippen molar-refractivity contribution >= 4 is 83.9 Å². The molecule has 0 saturated carbocycles. The summed E-state index contributed by atoms with van der Waals surface area (Å²) in [7, 11) is 0. The van der Waals surface area contributed by atoms with Crippen molar-refractivity contribution in [2.45, 2.75) is 0 Å². The van der Waals surface area contributed by atoms with Crippen molar-refractivity contribution in [3.8, 4) is 0 Å². The SMILES string of the molecule is Nc1nc2ncc(C(=O)[O-])nc2c(=O)[nH]1.Nc1nc2ncc(C(=O)[O-])nc2c(=O)[nH]1.[Ca+2]. The number of carboxylic acids is 2. The second kappa shape index (κ2) is 9.37. The van der Waals surface area contributed by atoms with Crippen LogP contribution in [0.4, 0.5) is 11.9 Å². The van der Waals surface area contributed by atoms with Crippen molar-refractivity contribution in [2.75, 3.05) is 11.5 Å². The molecule has 0 aliphatic carbocycles. The molecular formula is C14H8CaN10O6. The molecule has 0 aromatic carbocycles. The maximum absolute atomic E-state index is 11.3. The zero-order valence-electron chi connectivity index (χ0n) is 15.1. The van der Waals surface area contributed by atoms with Gasteiger partial charge in [-0.3, -0.25) is 19.6 Å². The van der Waals surface area contributed by atoms with E-state index in [-0.39, 0.29) is 72.0 Å². The Hall–Kier alpha value is -3.76. The monoisotopic (exact) mass is 452 g/mol. The third-order valence-electron chi connectivity index (χ3n) is 3.29. The predicted octanol–water partition coefficient (Wildman–Crippen LogP) is -5.06. The Morgan fingerprint density at radius 2 is 1.10 bits per heavy atom. The standard InChI is InChI=1S/2C7H5N5O3.Ca/c2*8-7-11-4-3(5(13)12-7)10-2(1-9-4)6(14)15;/h2*1H,(H,14,15)(H3,8,9,11,12,13);/q;;+2/p-2. The predicted molar refractivity (Wildman–Crippen MR) is 99.1 cm³/mol. The van der Waals surface area contributed by atoms with Crippen LogP contribution in [0.1, 0.15) is 21.0 Å². The number of hydrogen-bond donors (Lipinski definition) is 4. The molecule has 4 aromatic rings. The molecular weight excluding hydrogens is 444 g/mol. The first-order valence-electron chi connectivity index (χ1n) is 7.63. The fraction of sp³-hybridized carbons (Fsp3) is 0. The molecule has 0 unspecified atom stereocenters. The first-order chi connectivity index (χ1) is 14.2. The summed E-state index contributed by atoms with van der Waals surface area (Å²) in [5.74, 6) is -3.24. The molecule has 4 aromatic heterocycles. The molecule has 152 valence electrons. The van der Waals surface area contributed by atoms with E-state index >= 15 is 0 Å².